The molecule has 1 spiro atoms. The lowest BCUT2D eigenvalue weighted by atomic mass is 9.49. The molecule has 1 saturated heterocycles. The van der Waals surface area contributed by atoms with E-state index in [0.717, 1.165) is 24.9 Å². The smallest absolute Gasteiger partial charge is 0.174 e. The third kappa shape index (κ3) is 1.23. The number of benzene rings is 1. The Morgan fingerprint density at radius 2 is 2.18 bits per heavy atom. The summed E-state index contributed by atoms with van der Waals surface area (Å²) in [6.07, 6.45) is 2.17. The second-order valence-corrected chi connectivity index (χ2v) is 7.66. The van der Waals surface area contributed by atoms with Crippen molar-refractivity contribution in [2.45, 2.75) is 43.7 Å². The maximum absolute atomic E-state index is 12.7. The van der Waals surface area contributed by atoms with E-state index in [0.29, 0.717) is 30.0 Å². The summed E-state index contributed by atoms with van der Waals surface area (Å²) in [5.74, 6) is 1.83. The molecule has 116 valence electrons. The van der Waals surface area contributed by atoms with Gasteiger partial charge in [0.05, 0.1) is 0 Å². The van der Waals surface area contributed by atoms with Crippen LogP contribution >= 0.6 is 0 Å². The highest BCUT2D eigenvalue weighted by Crippen LogP contribution is 2.64. The lowest BCUT2D eigenvalue weighted by molar-refractivity contribution is -0.143. The van der Waals surface area contributed by atoms with E-state index in [1.54, 1.807) is 6.07 Å². The number of phenolic OH excluding ortho intramolecular Hbond substituents is 1. The molecule has 4 heteroatoms. The molecule has 22 heavy (non-hydrogen) atoms. The number of ether oxygens (including phenoxy) is 1. The molecular formula is C18H21NO3. The Balaban J connectivity index is 1.84. The second kappa shape index (κ2) is 3.85. The van der Waals surface area contributed by atoms with Crippen LogP contribution in [0.3, 0.4) is 0 Å². The molecule has 0 unspecified atom stereocenters. The fourth-order valence-corrected chi connectivity index (χ4v) is 5.97. The zero-order chi connectivity index (χ0) is 15.2. The summed E-state index contributed by atoms with van der Waals surface area (Å²) in [5, 5.41) is 10.3. The van der Waals surface area contributed by atoms with Gasteiger partial charge in [0.25, 0.3) is 0 Å². The van der Waals surface area contributed by atoms with Crippen molar-refractivity contribution in [3.05, 3.63) is 23.3 Å². The average molecular weight is 299 g/mol. The van der Waals surface area contributed by atoms with Gasteiger partial charge in [-0.2, -0.15) is 0 Å². The molecule has 0 aromatic heterocycles. The van der Waals surface area contributed by atoms with Gasteiger partial charge in [-0.3, -0.25) is 4.79 Å². The third-order valence-electron chi connectivity index (χ3n) is 6.70. The van der Waals surface area contributed by atoms with Crippen LogP contribution in [0.15, 0.2) is 12.1 Å². The fraction of sp³-hybridized carbons (Fsp3) is 0.611. The van der Waals surface area contributed by atoms with Gasteiger partial charge in [-0.05, 0) is 49.9 Å². The SMILES string of the molecule is C[C@H]1CC(=O)[C@@H]2Oc3c(O)ccc4c3[C@@]23CCN(C)[C@H](C4)[C@H]13. The van der Waals surface area contributed by atoms with Crippen molar-refractivity contribution in [1.29, 1.82) is 0 Å². The molecule has 0 radical (unpaired) electrons. The van der Waals surface area contributed by atoms with Gasteiger partial charge in [-0.15, -0.1) is 0 Å². The second-order valence-electron chi connectivity index (χ2n) is 7.66. The standard InChI is InChI=1S/C18H21NO3/c1-9-7-13(21)17-18-5-6-19(2)11(14(9)18)8-10-3-4-12(20)16(22-17)15(10)18/h3-4,9,11,14,17,20H,5-8H2,1-2H3/t9-,11+,14-,17-,18-/m0/s1. The molecular weight excluding hydrogens is 278 g/mol. The normalized spacial score (nSPS) is 42.0. The summed E-state index contributed by atoms with van der Waals surface area (Å²) < 4.78 is 6.09. The van der Waals surface area contributed by atoms with Crippen LogP contribution in [-0.4, -0.2) is 41.5 Å². The van der Waals surface area contributed by atoms with Gasteiger partial charge < -0.3 is 14.7 Å². The van der Waals surface area contributed by atoms with Crippen molar-refractivity contribution < 1.29 is 14.6 Å². The first-order chi connectivity index (χ1) is 10.5. The van der Waals surface area contributed by atoms with E-state index in [2.05, 4.69) is 18.9 Å². The number of rotatable bonds is 0. The van der Waals surface area contributed by atoms with Gasteiger partial charge in [0.15, 0.2) is 23.4 Å². The maximum Gasteiger partial charge on any atom is 0.174 e. The van der Waals surface area contributed by atoms with Crippen LogP contribution in [0.5, 0.6) is 11.5 Å². The highest BCUT2D eigenvalue weighted by atomic mass is 16.5. The van der Waals surface area contributed by atoms with Gasteiger partial charge in [0.2, 0.25) is 0 Å². The molecule has 5 rings (SSSR count). The van der Waals surface area contributed by atoms with Gasteiger partial charge >= 0.3 is 0 Å². The topological polar surface area (TPSA) is 49.8 Å². The number of hydrogen-bond acceptors (Lipinski definition) is 4. The molecule has 2 aliphatic heterocycles. The highest BCUT2D eigenvalue weighted by Gasteiger charge is 2.67. The minimum Gasteiger partial charge on any atom is -0.504 e. The van der Waals surface area contributed by atoms with Crippen molar-refractivity contribution in [3.8, 4) is 11.5 Å². The van der Waals surface area contributed by atoms with Gasteiger partial charge in [0, 0.05) is 23.4 Å². The molecule has 1 aromatic rings. The van der Waals surface area contributed by atoms with Gasteiger partial charge in [-0.25, -0.2) is 0 Å². The molecule has 0 amide bonds. The maximum atomic E-state index is 12.7. The van der Waals surface area contributed by atoms with Crippen LogP contribution in [0, 0.1) is 11.8 Å². The molecule has 4 nitrogen and oxygen atoms in total. The zero-order valence-electron chi connectivity index (χ0n) is 13.0. The Labute approximate surface area is 130 Å². The van der Waals surface area contributed by atoms with E-state index in [9.17, 15) is 9.90 Å². The van der Waals surface area contributed by atoms with Crippen molar-refractivity contribution in [3.63, 3.8) is 0 Å². The molecule has 1 saturated carbocycles. The van der Waals surface area contributed by atoms with E-state index >= 15 is 0 Å². The molecule has 1 aromatic carbocycles. The van der Waals surface area contributed by atoms with Crippen LogP contribution in [-0.2, 0) is 16.6 Å². The third-order valence-corrected chi connectivity index (χ3v) is 6.70. The predicted molar refractivity (Wildman–Crippen MR) is 81.2 cm³/mol. The molecule has 2 aliphatic carbocycles. The Hall–Kier alpha value is -1.55. The number of ketones is 1. The lowest BCUT2D eigenvalue weighted by Gasteiger charge is -2.59. The summed E-state index contributed by atoms with van der Waals surface area (Å²) >= 11 is 0. The number of carbonyl (C=O) groups is 1. The van der Waals surface area contributed by atoms with Crippen molar-refractivity contribution in [2.24, 2.45) is 11.8 Å². The van der Waals surface area contributed by atoms with Crippen LogP contribution < -0.4 is 4.74 Å². The number of phenols is 1. The van der Waals surface area contributed by atoms with E-state index in [1.165, 1.54) is 5.56 Å². The number of likely N-dealkylation sites (tertiary alicyclic amines) is 1. The number of Topliss-reactive ketones (excluding diaryl/α,β-unsaturated/α-hetero) is 1. The minimum absolute atomic E-state index is 0.194. The van der Waals surface area contributed by atoms with E-state index < -0.39 is 0 Å². The highest BCUT2D eigenvalue weighted by molar-refractivity contribution is 5.89. The largest absolute Gasteiger partial charge is 0.504 e. The summed E-state index contributed by atoms with van der Waals surface area (Å²) in [6.45, 7) is 3.22. The summed E-state index contributed by atoms with van der Waals surface area (Å²) in [4.78, 5) is 15.2. The molecule has 1 N–H and O–H groups in total. The monoisotopic (exact) mass is 299 g/mol. The number of likely N-dealkylation sites (N-methyl/N-ethyl adjacent to an activating group) is 1. The van der Waals surface area contributed by atoms with Crippen LogP contribution in [0.2, 0.25) is 0 Å². The molecule has 4 aliphatic rings. The quantitative estimate of drug-likeness (QED) is 0.794. The molecule has 2 fully saturated rings. The summed E-state index contributed by atoms with van der Waals surface area (Å²) in [5.41, 5.74) is 2.23. The number of carbonyl (C=O) groups excluding carboxylic acids is 1. The zero-order valence-corrected chi connectivity index (χ0v) is 13.0. The number of hydrogen-bond donors (Lipinski definition) is 1. The first-order valence-corrected chi connectivity index (χ1v) is 8.29. The van der Waals surface area contributed by atoms with Gasteiger partial charge in [0.1, 0.15) is 0 Å². The van der Waals surface area contributed by atoms with Crippen LogP contribution in [0.25, 0.3) is 0 Å². The molecule has 5 atom stereocenters. The van der Waals surface area contributed by atoms with Crippen LogP contribution in [0.1, 0.15) is 30.9 Å². The van der Waals surface area contributed by atoms with Crippen molar-refractivity contribution >= 4 is 5.78 Å². The van der Waals surface area contributed by atoms with Crippen molar-refractivity contribution in [1.82, 2.24) is 4.90 Å². The number of aromatic hydroxyl groups is 1. The molecule has 2 bridgehead atoms. The van der Waals surface area contributed by atoms with E-state index in [-0.39, 0.29) is 23.1 Å². The van der Waals surface area contributed by atoms with E-state index in [4.69, 9.17) is 4.74 Å². The van der Waals surface area contributed by atoms with Gasteiger partial charge in [-0.1, -0.05) is 13.0 Å². The lowest BCUT2D eigenvalue weighted by Crippen LogP contribution is -2.67. The minimum atomic E-state index is -0.382. The van der Waals surface area contributed by atoms with Crippen LogP contribution in [0.4, 0.5) is 0 Å². The fourth-order valence-electron chi connectivity index (χ4n) is 5.97. The predicted octanol–water partition coefficient (Wildman–Crippen LogP) is 1.88. The number of piperidine rings is 1. The Bertz CT molecular complexity index is 700. The van der Waals surface area contributed by atoms with Crippen molar-refractivity contribution in [2.75, 3.05) is 13.6 Å². The van der Waals surface area contributed by atoms with E-state index in [1.807, 2.05) is 6.07 Å². The average Bonchev–Trinajstić information content (AvgIpc) is 2.83. The Morgan fingerprint density at radius 3 is 3.00 bits per heavy atom. The summed E-state index contributed by atoms with van der Waals surface area (Å²) in [7, 11) is 2.21. The number of nitrogens with zero attached hydrogens (tertiary/aromatic N) is 1. The Morgan fingerprint density at radius 1 is 1.36 bits per heavy atom. The first-order valence-electron chi connectivity index (χ1n) is 8.29. The molecule has 2 heterocycles. The summed E-state index contributed by atoms with van der Waals surface area (Å²) in [6, 6.07) is 4.24. The Kier molecular flexibility index (Phi) is 2.27. The first kappa shape index (κ1) is 12.9.